The van der Waals surface area contributed by atoms with Gasteiger partial charge in [0.05, 0.1) is 18.6 Å². The molecular formula is C16H16FNO4S. The molecule has 2 rings (SSSR count). The monoisotopic (exact) mass is 337 g/mol. The molecule has 2 N–H and O–H groups in total. The van der Waals surface area contributed by atoms with Crippen molar-refractivity contribution in [3.05, 3.63) is 65.0 Å². The third-order valence-electron chi connectivity index (χ3n) is 3.20. The van der Waals surface area contributed by atoms with Crippen molar-refractivity contribution in [1.29, 1.82) is 0 Å². The number of carbonyl (C=O) groups is 1. The van der Waals surface area contributed by atoms with Gasteiger partial charge in [-0.3, -0.25) is 4.79 Å². The van der Waals surface area contributed by atoms with Crippen LogP contribution in [-0.4, -0.2) is 21.4 Å². The summed E-state index contributed by atoms with van der Waals surface area (Å²) in [5.41, 5.74) is 6.20. The van der Waals surface area contributed by atoms with Gasteiger partial charge in [0.2, 0.25) is 5.91 Å². The van der Waals surface area contributed by atoms with E-state index in [1.807, 2.05) is 0 Å². The molecule has 0 unspecified atom stereocenters. The van der Waals surface area contributed by atoms with Crippen LogP contribution >= 0.6 is 0 Å². The molecule has 0 spiro atoms. The Morgan fingerprint density at radius 2 is 1.78 bits per heavy atom. The van der Waals surface area contributed by atoms with E-state index in [4.69, 9.17) is 10.5 Å². The van der Waals surface area contributed by atoms with Gasteiger partial charge in [0.25, 0.3) is 0 Å². The minimum atomic E-state index is -3.53. The Labute approximate surface area is 133 Å². The van der Waals surface area contributed by atoms with Crippen LogP contribution in [0.3, 0.4) is 0 Å². The molecule has 2 aromatic rings. The zero-order valence-electron chi connectivity index (χ0n) is 12.5. The van der Waals surface area contributed by atoms with E-state index >= 15 is 0 Å². The zero-order chi connectivity index (χ0) is 17.0. The third-order valence-corrected chi connectivity index (χ3v) is 4.75. The molecule has 0 aromatic heterocycles. The molecular weight excluding hydrogens is 321 g/mol. The lowest BCUT2D eigenvalue weighted by Gasteiger charge is -2.07. The number of rotatable bonds is 6. The molecule has 1 amide bonds. The summed E-state index contributed by atoms with van der Waals surface area (Å²) in [5.74, 6) is -1.76. The Morgan fingerprint density at radius 1 is 1.13 bits per heavy atom. The third kappa shape index (κ3) is 4.53. The lowest BCUT2D eigenvalue weighted by molar-refractivity contribution is 0.1000. The van der Waals surface area contributed by atoms with E-state index in [0.29, 0.717) is 11.1 Å². The van der Waals surface area contributed by atoms with E-state index in [2.05, 4.69) is 0 Å². The standard InChI is InChI=1S/C16H16FNO4S/c1-22-15-6-5-12(8-14(15)17)10-23(20,21)9-11-3-2-4-13(7-11)16(18)19/h2-8H,9-10H2,1H3,(H2,18,19). The molecule has 0 fully saturated rings. The predicted molar refractivity (Wildman–Crippen MR) is 84.2 cm³/mol. The molecule has 7 heteroatoms. The van der Waals surface area contributed by atoms with Crippen LogP contribution in [0.5, 0.6) is 5.75 Å². The van der Waals surface area contributed by atoms with E-state index in [9.17, 15) is 17.6 Å². The summed E-state index contributed by atoms with van der Waals surface area (Å²) in [6.45, 7) is 0. The highest BCUT2D eigenvalue weighted by Gasteiger charge is 2.15. The van der Waals surface area contributed by atoms with Gasteiger partial charge in [-0.15, -0.1) is 0 Å². The molecule has 0 radical (unpaired) electrons. The number of hydrogen-bond acceptors (Lipinski definition) is 4. The molecule has 0 aliphatic carbocycles. The Bertz CT molecular complexity index is 834. The minimum absolute atomic E-state index is 0.0558. The van der Waals surface area contributed by atoms with Gasteiger partial charge >= 0.3 is 0 Å². The van der Waals surface area contributed by atoms with Gasteiger partial charge in [-0.2, -0.15) is 0 Å². The van der Waals surface area contributed by atoms with Crippen LogP contribution in [-0.2, 0) is 21.3 Å². The topological polar surface area (TPSA) is 86.5 Å². The Morgan fingerprint density at radius 3 is 2.35 bits per heavy atom. The number of halogens is 1. The summed E-state index contributed by atoms with van der Waals surface area (Å²) >= 11 is 0. The maximum Gasteiger partial charge on any atom is 0.248 e. The van der Waals surface area contributed by atoms with E-state index in [1.54, 1.807) is 12.1 Å². The van der Waals surface area contributed by atoms with E-state index in [0.717, 1.165) is 6.07 Å². The van der Waals surface area contributed by atoms with Crippen LogP contribution in [0.4, 0.5) is 4.39 Å². The number of ether oxygens (including phenoxy) is 1. The fraction of sp³-hybridized carbons (Fsp3) is 0.188. The summed E-state index contributed by atoms with van der Waals surface area (Å²) in [6.07, 6.45) is 0. The SMILES string of the molecule is COc1ccc(CS(=O)(=O)Cc2cccc(C(N)=O)c2)cc1F. The molecule has 5 nitrogen and oxygen atoms in total. The smallest absolute Gasteiger partial charge is 0.248 e. The Kier molecular flexibility index (Phi) is 5.00. The lowest BCUT2D eigenvalue weighted by Crippen LogP contribution is -2.12. The van der Waals surface area contributed by atoms with Crippen molar-refractivity contribution in [3.63, 3.8) is 0 Å². The van der Waals surface area contributed by atoms with Crippen LogP contribution in [0.15, 0.2) is 42.5 Å². The first kappa shape index (κ1) is 17.0. The Hall–Kier alpha value is -2.41. The zero-order valence-corrected chi connectivity index (χ0v) is 13.3. The molecule has 0 aliphatic heterocycles. The highest BCUT2D eigenvalue weighted by Crippen LogP contribution is 2.20. The number of benzene rings is 2. The Balaban J connectivity index is 2.18. The summed E-state index contributed by atoms with van der Waals surface area (Å²) in [5, 5.41) is 0. The first-order chi connectivity index (χ1) is 10.8. The first-order valence-corrected chi connectivity index (χ1v) is 8.54. The normalized spacial score (nSPS) is 11.2. The van der Waals surface area contributed by atoms with Crippen LogP contribution in [0.25, 0.3) is 0 Å². The second kappa shape index (κ2) is 6.78. The minimum Gasteiger partial charge on any atom is -0.494 e. The average Bonchev–Trinajstić information content (AvgIpc) is 2.46. The van der Waals surface area contributed by atoms with Gasteiger partial charge < -0.3 is 10.5 Å². The van der Waals surface area contributed by atoms with E-state index in [1.165, 1.54) is 31.4 Å². The number of amides is 1. The van der Waals surface area contributed by atoms with Crippen molar-refractivity contribution < 1.29 is 22.3 Å². The first-order valence-electron chi connectivity index (χ1n) is 6.72. The summed E-state index contributed by atoms with van der Waals surface area (Å²) < 4.78 is 42.9. The second-order valence-electron chi connectivity index (χ2n) is 5.07. The van der Waals surface area contributed by atoms with Crippen molar-refractivity contribution >= 4 is 15.7 Å². The van der Waals surface area contributed by atoms with Gasteiger partial charge in [-0.05, 0) is 35.4 Å². The van der Waals surface area contributed by atoms with Crippen LogP contribution < -0.4 is 10.5 Å². The number of methoxy groups -OCH3 is 1. The number of nitrogens with two attached hydrogens (primary N) is 1. The quantitative estimate of drug-likeness (QED) is 0.874. The van der Waals surface area contributed by atoms with Crippen molar-refractivity contribution in [1.82, 2.24) is 0 Å². The van der Waals surface area contributed by atoms with Gasteiger partial charge in [-0.1, -0.05) is 18.2 Å². The maximum atomic E-state index is 13.6. The van der Waals surface area contributed by atoms with Crippen molar-refractivity contribution in [2.45, 2.75) is 11.5 Å². The number of sulfone groups is 1. The molecule has 0 saturated heterocycles. The molecule has 0 heterocycles. The van der Waals surface area contributed by atoms with Crippen molar-refractivity contribution in [2.75, 3.05) is 7.11 Å². The van der Waals surface area contributed by atoms with Gasteiger partial charge in [0.1, 0.15) is 0 Å². The molecule has 122 valence electrons. The van der Waals surface area contributed by atoms with Gasteiger partial charge in [0.15, 0.2) is 21.4 Å². The van der Waals surface area contributed by atoms with Crippen LogP contribution in [0.2, 0.25) is 0 Å². The molecule has 0 bridgehead atoms. The maximum absolute atomic E-state index is 13.6. The van der Waals surface area contributed by atoms with Gasteiger partial charge in [0, 0.05) is 5.56 Å². The summed E-state index contributed by atoms with van der Waals surface area (Å²) in [6, 6.07) is 10.1. The van der Waals surface area contributed by atoms with Crippen molar-refractivity contribution in [3.8, 4) is 5.75 Å². The predicted octanol–water partition coefficient (Wildman–Crippen LogP) is 2.05. The van der Waals surface area contributed by atoms with E-state index < -0.39 is 21.6 Å². The molecule has 23 heavy (non-hydrogen) atoms. The molecule has 0 aliphatic rings. The molecule has 0 saturated carbocycles. The largest absolute Gasteiger partial charge is 0.494 e. The average molecular weight is 337 g/mol. The van der Waals surface area contributed by atoms with Crippen molar-refractivity contribution in [2.24, 2.45) is 5.73 Å². The summed E-state index contributed by atoms with van der Waals surface area (Å²) in [4.78, 5) is 11.1. The van der Waals surface area contributed by atoms with Crippen LogP contribution in [0.1, 0.15) is 21.5 Å². The molecule has 0 atom stereocenters. The summed E-state index contributed by atoms with van der Waals surface area (Å²) in [7, 11) is -2.19. The lowest BCUT2D eigenvalue weighted by atomic mass is 10.1. The van der Waals surface area contributed by atoms with Crippen LogP contribution in [0, 0.1) is 5.82 Å². The molecule has 2 aromatic carbocycles. The number of hydrogen-bond donors (Lipinski definition) is 1. The fourth-order valence-electron chi connectivity index (χ4n) is 2.17. The highest BCUT2D eigenvalue weighted by molar-refractivity contribution is 7.89. The second-order valence-corrected chi connectivity index (χ2v) is 7.13. The van der Waals surface area contributed by atoms with E-state index in [-0.39, 0.29) is 22.8 Å². The fourth-order valence-corrected chi connectivity index (χ4v) is 3.65. The number of carbonyl (C=O) groups excluding carboxylic acids is 1. The number of primary amides is 1. The van der Waals surface area contributed by atoms with Gasteiger partial charge in [-0.25, -0.2) is 12.8 Å². The highest BCUT2D eigenvalue weighted by atomic mass is 32.2.